The van der Waals surface area contributed by atoms with Gasteiger partial charge in [-0.25, -0.2) is 0 Å². The van der Waals surface area contributed by atoms with E-state index >= 15 is 0 Å². The normalized spacial score (nSPS) is 12.2. The fourth-order valence-electron chi connectivity index (χ4n) is 1.19. The Bertz CT molecular complexity index is 384. The molecule has 1 rings (SSSR count). The molecule has 0 aromatic heterocycles. The van der Waals surface area contributed by atoms with Crippen molar-refractivity contribution >= 4 is 39.1 Å². The summed E-state index contributed by atoms with van der Waals surface area (Å²) in [5.41, 5.74) is 6.18. The largest absolute Gasteiger partial charge is 0.330 e. The van der Waals surface area contributed by atoms with Crippen LogP contribution < -0.4 is 11.1 Å². The monoisotopic (exact) mass is 304 g/mol. The van der Waals surface area contributed by atoms with Gasteiger partial charge in [-0.3, -0.25) is 4.79 Å². The maximum absolute atomic E-state index is 11.6. The summed E-state index contributed by atoms with van der Waals surface area (Å²) >= 11 is 9.14. The van der Waals surface area contributed by atoms with Gasteiger partial charge in [-0.05, 0) is 46.6 Å². The van der Waals surface area contributed by atoms with Crippen LogP contribution in [0.1, 0.15) is 13.3 Å². The van der Waals surface area contributed by atoms with E-state index in [4.69, 9.17) is 17.3 Å². The summed E-state index contributed by atoms with van der Waals surface area (Å²) in [5, 5.41) is 3.43. The molecular weight excluding hydrogens is 291 g/mol. The van der Waals surface area contributed by atoms with E-state index in [0.717, 1.165) is 10.2 Å². The van der Waals surface area contributed by atoms with Crippen molar-refractivity contribution < 1.29 is 4.79 Å². The first-order chi connectivity index (χ1) is 7.52. The summed E-state index contributed by atoms with van der Waals surface area (Å²) in [6.45, 7) is 2.45. The molecule has 0 aliphatic rings. The van der Waals surface area contributed by atoms with Crippen molar-refractivity contribution in [3.63, 3.8) is 0 Å². The minimum Gasteiger partial charge on any atom is -0.330 e. The summed E-state index contributed by atoms with van der Waals surface area (Å²) in [6, 6.07) is 5.23. The van der Waals surface area contributed by atoms with Crippen molar-refractivity contribution in [2.75, 3.05) is 11.9 Å². The molecule has 1 aromatic rings. The molecule has 3 N–H and O–H groups in total. The number of hydrogen-bond acceptors (Lipinski definition) is 2. The van der Waals surface area contributed by atoms with E-state index in [2.05, 4.69) is 21.2 Å². The minimum absolute atomic E-state index is 0.0408. The summed E-state index contributed by atoms with van der Waals surface area (Å²) in [4.78, 5) is 11.6. The van der Waals surface area contributed by atoms with Crippen molar-refractivity contribution in [2.45, 2.75) is 13.3 Å². The second-order valence-corrected chi connectivity index (χ2v) is 5.01. The van der Waals surface area contributed by atoms with Gasteiger partial charge in [-0.15, -0.1) is 0 Å². The number of nitrogens with two attached hydrogens (primary N) is 1. The first kappa shape index (κ1) is 13.5. The number of nitrogens with one attached hydrogen (secondary N) is 1. The summed E-state index contributed by atoms with van der Waals surface area (Å²) in [7, 11) is 0. The van der Waals surface area contributed by atoms with Crippen LogP contribution in [0.2, 0.25) is 5.02 Å². The molecule has 0 bridgehead atoms. The van der Waals surface area contributed by atoms with Crippen LogP contribution in [0.4, 0.5) is 5.69 Å². The molecule has 1 amide bonds. The zero-order valence-electron chi connectivity index (χ0n) is 8.97. The van der Waals surface area contributed by atoms with E-state index in [1.807, 2.05) is 6.92 Å². The molecule has 88 valence electrons. The van der Waals surface area contributed by atoms with Gasteiger partial charge >= 0.3 is 0 Å². The third kappa shape index (κ3) is 4.12. The molecule has 1 unspecified atom stereocenters. The van der Waals surface area contributed by atoms with Gasteiger partial charge in [0.15, 0.2) is 0 Å². The Labute approximate surface area is 108 Å². The topological polar surface area (TPSA) is 55.1 Å². The van der Waals surface area contributed by atoms with E-state index < -0.39 is 0 Å². The van der Waals surface area contributed by atoms with Crippen LogP contribution in [0.3, 0.4) is 0 Å². The zero-order valence-corrected chi connectivity index (χ0v) is 11.3. The average Bonchev–Trinajstić information content (AvgIpc) is 2.22. The lowest BCUT2D eigenvalue weighted by molar-refractivity contribution is -0.116. The third-order valence-electron chi connectivity index (χ3n) is 2.14. The standard InChI is InChI=1S/C11H14BrClN2O/c1-7(6-14)4-11(16)15-10-3-2-8(13)5-9(10)12/h2-3,5,7H,4,6,14H2,1H3,(H,15,16). The molecule has 0 radical (unpaired) electrons. The molecule has 0 heterocycles. The Kier molecular flexibility index (Phi) is 5.25. The Balaban J connectivity index is 2.63. The lowest BCUT2D eigenvalue weighted by Crippen LogP contribution is -2.20. The maximum Gasteiger partial charge on any atom is 0.224 e. The highest BCUT2D eigenvalue weighted by molar-refractivity contribution is 9.10. The molecule has 0 aliphatic carbocycles. The molecular formula is C11H14BrClN2O. The van der Waals surface area contributed by atoms with Crippen molar-refractivity contribution in [1.82, 2.24) is 0 Å². The van der Waals surface area contributed by atoms with Crippen LogP contribution in [0.5, 0.6) is 0 Å². The van der Waals surface area contributed by atoms with Gasteiger partial charge in [-0.2, -0.15) is 0 Å². The van der Waals surface area contributed by atoms with Gasteiger partial charge in [-0.1, -0.05) is 18.5 Å². The summed E-state index contributed by atoms with van der Waals surface area (Å²) in [6.07, 6.45) is 0.422. The first-order valence-corrected chi connectivity index (χ1v) is 6.15. The van der Waals surface area contributed by atoms with Crippen LogP contribution in [-0.2, 0) is 4.79 Å². The average molecular weight is 306 g/mol. The summed E-state index contributed by atoms with van der Waals surface area (Å²) < 4.78 is 0.772. The van der Waals surface area contributed by atoms with Gasteiger partial charge in [0.2, 0.25) is 5.91 Å². The van der Waals surface area contributed by atoms with Crippen LogP contribution in [0, 0.1) is 5.92 Å². The van der Waals surface area contributed by atoms with Gasteiger partial charge in [0.1, 0.15) is 0 Å². The zero-order chi connectivity index (χ0) is 12.1. The third-order valence-corrected chi connectivity index (χ3v) is 3.03. The number of carbonyl (C=O) groups is 1. The molecule has 0 spiro atoms. The molecule has 0 saturated carbocycles. The number of anilines is 1. The number of halogens is 2. The molecule has 0 fully saturated rings. The van der Waals surface area contributed by atoms with Gasteiger partial charge in [0, 0.05) is 15.9 Å². The van der Waals surface area contributed by atoms with Crippen molar-refractivity contribution in [2.24, 2.45) is 11.7 Å². The molecule has 5 heteroatoms. The lowest BCUT2D eigenvalue weighted by atomic mass is 10.1. The van der Waals surface area contributed by atoms with Gasteiger partial charge in [0.05, 0.1) is 5.69 Å². The first-order valence-electron chi connectivity index (χ1n) is 4.98. The fourth-order valence-corrected chi connectivity index (χ4v) is 1.97. The maximum atomic E-state index is 11.6. The van der Waals surface area contributed by atoms with E-state index in [-0.39, 0.29) is 11.8 Å². The van der Waals surface area contributed by atoms with Crippen LogP contribution in [-0.4, -0.2) is 12.5 Å². The Morgan fingerprint density at radius 3 is 2.88 bits per heavy atom. The fraction of sp³-hybridized carbons (Fsp3) is 0.364. The van der Waals surface area contributed by atoms with Crippen LogP contribution in [0.25, 0.3) is 0 Å². The molecule has 3 nitrogen and oxygen atoms in total. The van der Waals surface area contributed by atoms with Crippen molar-refractivity contribution in [3.8, 4) is 0 Å². The van der Waals surface area contributed by atoms with Gasteiger partial charge < -0.3 is 11.1 Å². The number of benzene rings is 1. The number of amides is 1. The van der Waals surface area contributed by atoms with Crippen molar-refractivity contribution in [3.05, 3.63) is 27.7 Å². The minimum atomic E-state index is -0.0408. The number of rotatable bonds is 4. The highest BCUT2D eigenvalue weighted by Crippen LogP contribution is 2.26. The molecule has 16 heavy (non-hydrogen) atoms. The Hall–Kier alpha value is -0.580. The predicted octanol–water partition coefficient (Wildman–Crippen LogP) is 3.03. The molecule has 0 aliphatic heterocycles. The van der Waals surface area contributed by atoms with E-state index in [9.17, 15) is 4.79 Å². The van der Waals surface area contributed by atoms with E-state index in [1.165, 1.54) is 0 Å². The quantitative estimate of drug-likeness (QED) is 0.898. The highest BCUT2D eigenvalue weighted by atomic mass is 79.9. The number of hydrogen-bond donors (Lipinski definition) is 2. The molecule has 1 aromatic carbocycles. The number of carbonyl (C=O) groups excluding carboxylic acids is 1. The van der Waals surface area contributed by atoms with E-state index in [1.54, 1.807) is 18.2 Å². The molecule has 1 atom stereocenters. The van der Waals surface area contributed by atoms with E-state index in [0.29, 0.717) is 18.0 Å². The second-order valence-electron chi connectivity index (χ2n) is 3.72. The van der Waals surface area contributed by atoms with Crippen LogP contribution >= 0.6 is 27.5 Å². The molecule has 0 saturated heterocycles. The predicted molar refractivity (Wildman–Crippen MR) is 70.6 cm³/mol. The summed E-state index contributed by atoms with van der Waals surface area (Å²) in [5.74, 6) is 0.145. The highest BCUT2D eigenvalue weighted by Gasteiger charge is 2.09. The lowest BCUT2D eigenvalue weighted by Gasteiger charge is -2.10. The SMILES string of the molecule is CC(CN)CC(=O)Nc1ccc(Cl)cc1Br. The Morgan fingerprint density at radius 1 is 1.62 bits per heavy atom. The van der Waals surface area contributed by atoms with Gasteiger partial charge in [0.25, 0.3) is 0 Å². The second kappa shape index (κ2) is 6.23. The smallest absolute Gasteiger partial charge is 0.224 e. The van der Waals surface area contributed by atoms with Crippen LogP contribution in [0.15, 0.2) is 22.7 Å². The Morgan fingerprint density at radius 2 is 2.31 bits per heavy atom. The van der Waals surface area contributed by atoms with Crippen molar-refractivity contribution in [1.29, 1.82) is 0 Å².